The summed E-state index contributed by atoms with van der Waals surface area (Å²) < 4.78 is 5.19. The van der Waals surface area contributed by atoms with Crippen LogP contribution in [0.25, 0.3) is 0 Å². The van der Waals surface area contributed by atoms with Crippen molar-refractivity contribution in [2.24, 2.45) is 10.7 Å². The minimum absolute atomic E-state index is 0.367. The number of carbonyl (C=O) groups is 1. The van der Waals surface area contributed by atoms with Crippen LogP contribution >= 0.6 is 12.2 Å². The fourth-order valence-corrected chi connectivity index (χ4v) is 1.11. The van der Waals surface area contributed by atoms with Gasteiger partial charge >= 0.3 is 5.97 Å². The van der Waals surface area contributed by atoms with Gasteiger partial charge in [0.25, 0.3) is 0 Å². The van der Waals surface area contributed by atoms with Gasteiger partial charge in [-0.25, -0.2) is 9.79 Å². The van der Waals surface area contributed by atoms with Crippen LogP contribution in [0, 0.1) is 0 Å². The van der Waals surface area contributed by atoms with Gasteiger partial charge < -0.3 is 10.5 Å². The zero-order valence-corrected chi connectivity index (χ0v) is 10.3. The highest BCUT2D eigenvalue weighted by Gasteiger charge is 2.23. The fourth-order valence-electron chi connectivity index (χ4n) is 0.980. The third-order valence-corrected chi connectivity index (χ3v) is 1.67. The highest BCUT2D eigenvalue weighted by Crippen LogP contribution is 2.12. The third kappa shape index (κ3) is 7.19. The molecule has 0 amide bonds. The van der Waals surface area contributed by atoms with E-state index in [2.05, 4.69) is 22.4 Å². The number of hydrogen-bond acceptors (Lipinski definition) is 5. The lowest BCUT2D eigenvalue weighted by Gasteiger charge is -2.21. The van der Waals surface area contributed by atoms with Gasteiger partial charge in [-0.15, -0.1) is 0 Å². The number of isothiocyanates is 1. The van der Waals surface area contributed by atoms with Crippen molar-refractivity contribution >= 4 is 23.3 Å². The Kier molecular flexibility index (Phi) is 6.32. The van der Waals surface area contributed by atoms with Gasteiger partial charge in [0.2, 0.25) is 0 Å². The molecule has 86 valence electrons. The Morgan fingerprint density at radius 1 is 1.60 bits per heavy atom. The van der Waals surface area contributed by atoms with Crippen LogP contribution < -0.4 is 5.73 Å². The normalized spacial score (nSPS) is 12.8. The minimum Gasteiger partial charge on any atom is -0.458 e. The second-order valence-electron chi connectivity index (χ2n) is 4.20. The molecule has 0 rings (SSSR count). The van der Waals surface area contributed by atoms with E-state index < -0.39 is 11.6 Å². The van der Waals surface area contributed by atoms with Crippen molar-refractivity contribution in [2.75, 3.05) is 6.54 Å². The van der Waals surface area contributed by atoms with Gasteiger partial charge in [-0.3, -0.25) is 0 Å². The standard InChI is InChI=1S/C10H18N2O2S/c1-10(2,3)14-9(13)8(12-7-15)5-4-6-11/h8H,4-6,11H2,1-3H3. The van der Waals surface area contributed by atoms with E-state index in [1.165, 1.54) is 0 Å². The van der Waals surface area contributed by atoms with Gasteiger partial charge in [-0.1, -0.05) is 0 Å². The fraction of sp³-hybridized carbons (Fsp3) is 0.800. The number of nitrogens with zero attached hydrogens (tertiary/aromatic N) is 1. The van der Waals surface area contributed by atoms with Crippen LogP contribution in [0.1, 0.15) is 33.6 Å². The van der Waals surface area contributed by atoms with Crippen LogP contribution in [-0.2, 0) is 9.53 Å². The molecule has 0 aliphatic rings. The summed E-state index contributed by atoms with van der Waals surface area (Å²) >= 11 is 4.48. The number of rotatable bonds is 5. The van der Waals surface area contributed by atoms with Crippen molar-refractivity contribution < 1.29 is 9.53 Å². The average molecular weight is 230 g/mol. The molecule has 1 unspecified atom stereocenters. The lowest BCUT2D eigenvalue weighted by atomic mass is 10.1. The number of ether oxygens (including phenoxy) is 1. The molecule has 0 aromatic heterocycles. The monoisotopic (exact) mass is 230 g/mol. The van der Waals surface area contributed by atoms with E-state index in [-0.39, 0.29) is 5.97 Å². The molecule has 15 heavy (non-hydrogen) atoms. The zero-order chi connectivity index (χ0) is 11.9. The van der Waals surface area contributed by atoms with Crippen LogP contribution in [0.3, 0.4) is 0 Å². The SMILES string of the molecule is CC(C)(C)OC(=O)C(CCCN)N=C=S. The van der Waals surface area contributed by atoms with Crippen LogP contribution in [0.5, 0.6) is 0 Å². The maximum absolute atomic E-state index is 11.6. The van der Waals surface area contributed by atoms with Crippen molar-refractivity contribution in [3.63, 3.8) is 0 Å². The first-order valence-electron chi connectivity index (χ1n) is 4.90. The Hall–Kier alpha value is -0.770. The topological polar surface area (TPSA) is 64.7 Å². The van der Waals surface area contributed by atoms with Gasteiger partial charge in [0.15, 0.2) is 6.04 Å². The molecule has 5 heteroatoms. The van der Waals surface area contributed by atoms with E-state index in [0.717, 1.165) is 0 Å². The number of esters is 1. The lowest BCUT2D eigenvalue weighted by molar-refractivity contribution is -0.156. The predicted molar refractivity (Wildman–Crippen MR) is 62.9 cm³/mol. The Morgan fingerprint density at radius 2 is 2.20 bits per heavy atom. The van der Waals surface area contributed by atoms with Crippen molar-refractivity contribution in [1.82, 2.24) is 0 Å². The smallest absolute Gasteiger partial charge is 0.332 e. The van der Waals surface area contributed by atoms with E-state index in [1.54, 1.807) is 0 Å². The first-order chi connectivity index (χ1) is 6.90. The molecule has 0 aliphatic carbocycles. The Bertz CT molecular complexity index is 255. The third-order valence-electron chi connectivity index (χ3n) is 1.57. The van der Waals surface area contributed by atoms with Crippen molar-refractivity contribution in [3.05, 3.63) is 0 Å². The molecule has 0 saturated carbocycles. The summed E-state index contributed by atoms with van der Waals surface area (Å²) in [7, 11) is 0. The first-order valence-corrected chi connectivity index (χ1v) is 5.31. The Labute approximate surface area is 95.9 Å². The Morgan fingerprint density at radius 3 is 2.60 bits per heavy atom. The molecule has 0 aliphatic heterocycles. The summed E-state index contributed by atoms with van der Waals surface area (Å²) in [6, 6.07) is -0.565. The molecular weight excluding hydrogens is 212 g/mol. The van der Waals surface area contributed by atoms with E-state index >= 15 is 0 Å². The summed E-state index contributed by atoms with van der Waals surface area (Å²) in [5.74, 6) is -0.367. The molecule has 4 nitrogen and oxygen atoms in total. The number of thiocarbonyl (C=S) groups is 1. The molecule has 0 radical (unpaired) electrons. The molecule has 1 atom stereocenters. The molecule has 0 aromatic carbocycles. The largest absolute Gasteiger partial charge is 0.458 e. The molecule has 0 bridgehead atoms. The maximum atomic E-state index is 11.6. The van der Waals surface area contributed by atoms with Gasteiger partial charge in [0.05, 0.1) is 5.16 Å². The van der Waals surface area contributed by atoms with Crippen molar-refractivity contribution in [2.45, 2.75) is 45.3 Å². The van der Waals surface area contributed by atoms with Crippen LogP contribution in [0.15, 0.2) is 4.99 Å². The molecular formula is C10H18N2O2S. The highest BCUT2D eigenvalue weighted by atomic mass is 32.1. The van der Waals surface area contributed by atoms with Gasteiger partial charge in [0.1, 0.15) is 5.60 Å². The zero-order valence-electron chi connectivity index (χ0n) is 9.45. The molecule has 0 heterocycles. The number of nitrogens with two attached hydrogens (primary N) is 1. The summed E-state index contributed by atoms with van der Waals surface area (Å²) in [4.78, 5) is 15.4. The van der Waals surface area contributed by atoms with Gasteiger partial charge in [-0.05, 0) is 52.4 Å². The van der Waals surface area contributed by atoms with Crippen LogP contribution in [-0.4, -0.2) is 29.3 Å². The quantitative estimate of drug-likeness (QED) is 0.442. The number of aliphatic imine (C=N–C) groups is 1. The lowest BCUT2D eigenvalue weighted by Crippen LogP contribution is -2.31. The molecule has 0 saturated heterocycles. The maximum Gasteiger partial charge on any atom is 0.332 e. The van der Waals surface area contributed by atoms with E-state index in [9.17, 15) is 4.79 Å². The molecule has 0 fully saturated rings. The Balaban J connectivity index is 4.35. The summed E-state index contributed by atoms with van der Waals surface area (Å²) in [6.45, 7) is 5.95. The molecule has 0 spiro atoms. The van der Waals surface area contributed by atoms with E-state index in [1.807, 2.05) is 20.8 Å². The highest BCUT2D eigenvalue weighted by molar-refractivity contribution is 7.78. The van der Waals surface area contributed by atoms with Crippen molar-refractivity contribution in [1.29, 1.82) is 0 Å². The molecule has 0 aromatic rings. The molecule has 2 N–H and O–H groups in total. The summed E-state index contributed by atoms with van der Waals surface area (Å²) in [5.41, 5.74) is 4.86. The van der Waals surface area contributed by atoms with E-state index in [0.29, 0.717) is 19.4 Å². The van der Waals surface area contributed by atoms with Crippen LogP contribution in [0.4, 0.5) is 0 Å². The minimum atomic E-state index is -0.565. The second kappa shape index (κ2) is 6.67. The van der Waals surface area contributed by atoms with Gasteiger partial charge in [0, 0.05) is 0 Å². The average Bonchev–Trinajstić information content (AvgIpc) is 2.09. The number of carbonyl (C=O) groups excluding carboxylic acids is 1. The summed E-state index contributed by atoms with van der Waals surface area (Å²) in [5, 5.41) is 2.21. The van der Waals surface area contributed by atoms with E-state index in [4.69, 9.17) is 10.5 Å². The number of hydrogen-bond donors (Lipinski definition) is 1. The van der Waals surface area contributed by atoms with Gasteiger partial charge in [-0.2, -0.15) is 0 Å². The van der Waals surface area contributed by atoms with Crippen LogP contribution in [0.2, 0.25) is 0 Å². The summed E-state index contributed by atoms with van der Waals surface area (Å²) in [6.07, 6.45) is 1.26. The predicted octanol–water partition coefficient (Wildman–Crippen LogP) is 1.54. The first kappa shape index (κ1) is 14.2. The van der Waals surface area contributed by atoms with Crippen molar-refractivity contribution in [3.8, 4) is 0 Å². The second-order valence-corrected chi connectivity index (χ2v) is 4.38.